The van der Waals surface area contributed by atoms with Crippen LogP contribution in [0.3, 0.4) is 0 Å². The molecule has 0 bridgehead atoms. The van der Waals surface area contributed by atoms with Crippen LogP contribution in [0, 0.1) is 5.82 Å². The van der Waals surface area contributed by atoms with Crippen LogP contribution >= 0.6 is 0 Å². The molecule has 0 fully saturated rings. The van der Waals surface area contributed by atoms with Gasteiger partial charge in [-0.2, -0.15) is 4.98 Å². The first-order chi connectivity index (χ1) is 9.27. The summed E-state index contributed by atoms with van der Waals surface area (Å²) in [6.07, 6.45) is 8.54. The lowest BCUT2D eigenvalue weighted by atomic mass is 10.1. The Morgan fingerprint density at radius 2 is 1.79 bits per heavy atom. The molecule has 0 radical (unpaired) electrons. The van der Waals surface area contributed by atoms with Crippen LogP contribution in [0.4, 0.5) is 16.2 Å². The molecular formula is C14H25FN4. The molecule has 0 atom stereocenters. The van der Waals surface area contributed by atoms with Gasteiger partial charge in [-0.15, -0.1) is 0 Å². The maximum atomic E-state index is 13.5. The number of rotatable bonds is 10. The second-order valence-corrected chi connectivity index (χ2v) is 4.62. The summed E-state index contributed by atoms with van der Waals surface area (Å²) in [5, 5.41) is 6.01. The molecule has 2 N–H and O–H groups in total. The van der Waals surface area contributed by atoms with Gasteiger partial charge in [0.15, 0.2) is 11.6 Å². The number of nitrogens with zero attached hydrogens (tertiary/aromatic N) is 2. The SMILES string of the molecule is CCCCCCCCNc1nc(NCC)ncc1F. The molecule has 1 heterocycles. The van der Waals surface area contributed by atoms with Crippen LogP contribution in [-0.4, -0.2) is 23.1 Å². The number of anilines is 2. The Kier molecular flexibility index (Phi) is 7.86. The first-order valence-corrected chi connectivity index (χ1v) is 7.28. The monoisotopic (exact) mass is 268 g/mol. The third-order valence-corrected chi connectivity index (χ3v) is 2.90. The summed E-state index contributed by atoms with van der Waals surface area (Å²) < 4.78 is 13.5. The Morgan fingerprint density at radius 1 is 1.05 bits per heavy atom. The summed E-state index contributed by atoms with van der Waals surface area (Å²) in [5.74, 6) is 0.362. The van der Waals surface area contributed by atoms with Gasteiger partial charge >= 0.3 is 0 Å². The number of nitrogens with one attached hydrogen (secondary N) is 2. The minimum Gasteiger partial charge on any atom is -0.367 e. The molecule has 0 aliphatic heterocycles. The summed E-state index contributed by atoms with van der Waals surface area (Å²) in [5.41, 5.74) is 0. The Labute approximate surface area is 115 Å². The fourth-order valence-corrected chi connectivity index (χ4v) is 1.85. The molecular weight excluding hydrogens is 243 g/mol. The second kappa shape index (κ2) is 9.53. The maximum absolute atomic E-state index is 13.5. The highest BCUT2D eigenvalue weighted by Crippen LogP contribution is 2.12. The minimum absolute atomic E-state index is 0.291. The van der Waals surface area contributed by atoms with E-state index >= 15 is 0 Å². The second-order valence-electron chi connectivity index (χ2n) is 4.62. The van der Waals surface area contributed by atoms with Crippen molar-refractivity contribution in [3.05, 3.63) is 12.0 Å². The number of hydrogen-bond acceptors (Lipinski definition) is 4. The first kappa shape index (κ1) is 15.7. The zero-order chi connectivity index (χ0) is 13.9. The molecule has 0 aromatic carbocycles. The molecule has 0 spiro atoms. The van der Waals surface area contributed by atoms with E-state index in [4.69, 9.17) is 0 Å². The topological polar surface area (TPSA) is 49.8 Å². The first-order valence-electron chi connectivity index (χ1n) is 7.28. The van der Waals surface area contributed by atoms with Gasteiger partial charge in [-0.1, -0.05) is 39.0 Å². The Bertz CT molecular complexity index is 357. The van der Waals surface area contributed by atoms with Crippen LogP contribution in [0.15, 0.2) is 6.20 Å². The van der Waals surface area contributed by atoms with Gasteiger partial charge in [0.1, 0.15) is 0 Å². The van der Waals surface area contributed by atoms with E-state index in [1.807, 2.05) is 6.92 Å². The molecule has 0 saturated heterocycles. The molecule has 19 heavy (non-hydrogen) atoms. The van der Waals surface area contributed by atoms with Crippen molar-refractivity contribution in [2.24, 2.45) is 0 Å². The van der Waals surface area contributed by atoms with Gasteiger partial charge in [0.05, 0.1) is 6.20 Å². The van der Waals surface area contributed by atoms with Gasteiger partial charge in [0.25, 0.3) is 0 Å². The average molecular weight is 268 g/mol. The molecule has 0 amide bonds. The Balaban J connectivity index is 2.26. The van der Waals surface area contributed by atoms with Gasteiger partial charge in [0.2, 0.25) is 5.95 Å². The lowest BCUT2D eigenvalue weighted by Gasteiger charge is -2.08. The normalized spacial score (nSPS) is 10.5. The van der Waals surface area contributed by atoms with Gasteiger partial charge in [-0.3, -0.25) is 0 Å². The molecule has 0 aliphatic carbocycles. The van der Waals surface area contributed by atoms with Crippen LogP contribution in [0.25, 0.3) is 0 Å². The summed E-state index contributed by atoms with van der Waals surface area (Å²) >= 11 is 0. The molecule has 4 nitrogen and oxygen atoms in total. The van der Waals surface area contributed by atoms with E-state index in [-0.39, 0.29) is 0 Å². The highest BCUT2D eigenvalue weighted by atomic mass is 19.1. The van der Waals surface area contributed by atoms with Crippen molar-refractivity contribution in [3.8, 4) is 0 Å². The predicted octanol–water partition coefficient (Wildman–Crippen LogP) is 3.82. The third-order valence-electron chi connectivity index (χ3n) is 2.90. The van der Waals surface area contributed by atoms with E-state index in [0.29, 0.717) is 11.8 Å². The van der Waals surface area contributed by atoms with Gasteiger partial charge in [0, 0.05) is 13.1 Å². The number of aromatic nitrogens is 2. The Morgan fingerprint density at radius 3 is 2.53 bits per heavy atom. The standard InChI is InChI=1S/C14H25FN4/c1-3-5-6-7-8-9-10-17-13-12(15)11-18-14(19-13)16-4-2/h11H,3-10H2,1-2H3,(H2,16,17,18,19). The van der Waals surface area contributed by atoms with Gasteiger partial charge in [-0.25, -0.2) is 9.37 Å². The predicted molar refractivity (Wildman–Crippen MR) is 78.0 cm³/mol. The smallest absolute Gasteiger partial charge is 0.224 e. The molecule has 1 aromatic rings. The van der Waals surface area contributed by atoms with E-state index in [2.05, 4.69) is 27.5 Å². The Hall–Kier alpha value is -1.39. The van der Waals surface area contributed by atoms with Crippen LogP contribution < -0.4 is 10.6 Å². The average Bonchev–Trinajstić information content (AvgIpc) is 2.41. The van der Waals surface area contributed by atoms with Crippen molar-refractivity contribution >= 4 is 11.8 Å². The lowest BCUT2D eigenvalue weighted by Crippen LogP contribution is -2.09. The maximum Gasteiger partial charge on any atom is 0.224 e. The van der Waals surface area contributed by atoms with Crippen molar-refractivity contribution in [2.45, 2.75) is 52.4 Å². The summed E-state index contributed by atoms with van der Waals surface area (Å²) in [6.45, 7) is 5.64. The van der Waals surface area contributed by atoms with Crippen molar-refractivity contribution in [3.63, 3.8) is 0 Å². The number of halogens is 1. The van der Waals surface area contributed by atoms with E-state index in [0.717, 1.165) is 19.5 Å². The molecule has 1 rings (SSSR count). The molecule has 1 aromatic heterocycles. The van der Waals surface area contributed by atoms with Crippen molar-refractivity contribution < 1.29 is 4.39 Å². The molecule has 0 aliphatic rings. The van der Waals surface area contributed by atoms with Crippen LogP contribution in [0.2, 0.25) is 0 Å². The van der Waals surface area contributed by atoms with Crippen molar-refractivity contribution in [1.29, 1.82) is 0 Å². The molecule has 108 valence electrons. The van der Waals surface area contributed by atoms with E-state index in [9.17, 15) is 4.39 Å². The summed E-state index contributed by atoms with van der Waals surface area (Å²) in [6, 6.07) is 0. The zero-order valence-corrected chi connectivity index (χ0v) is 12.0. The quantitative estimate of drug-likeness (QED) is 0.633. The minimum atomic E-state index is -0.396. The molecule has 5 heteroatoms. The zero-order valence-electron chi connectivity index (χ0n) is 12.0. The lowest BCUT2D eigenvalue weighted by molar-refractivity contribution is 0.606. The van der Waals surface area contributed by atoms with Crippen molar-refractivity contribution in [2.75, 3.05) is 23.7 Å². The van der Waals surface area contributed by atoms with Gasteiger partial charge in [-0.05, 0) is 13.3 Å². The fraction of sp³-hybridized carbons (Fsp3) is 0.714. The van der Waals surface area contributed by atoms with Crippen LogP contribution in [0.5, 0.6) is 0 Å². The molecule has 0 unspecified atom stereocenters. The van der Waals surface area contributed by atoms with Crippen molar-refractivity contribution in [1.82, 2.24) is 9.97 Å². The summed E-state index contributed by atoms with van der Waals surface area (Å²) in [7, 11) is 0. The number of unbranched alkanes of at least 4 members (excludes halogenated alkanes) is 5. The van der Waals surface area contributed by atoms with E-state index in [1.54, 1.807) is 0 Å². The van der Waals surface area contributed by atoms with Crippen LogP contribution in [-0.2, 0) is 0 Å². The van der Waals surface area contributed by atoms with Crippen LogP contribution in [0.1, 0.15) is 52.4 Å². The van der Waals surface area contributed by atoms with E-state index in [1.165, 1.54) is 38.3 Å². The molecule has 0 saturated carbocycles. The number of hydrogen-bond donors (Lipinski definition) is 2. The third kappa shape index (κ3) is 6.36. The van der Waals surface area contributed by atoms with Gasteiger partial charge < -0.3 is 10.6 Å². The fourth-order valence-electron chi connectivity index (χ4n) is 1.85. The largest absolute Gasteiger partial charge is 0.367 e. The van der Waals surface area contributed by atoms with E-state index < -0.39 is 5.82 Å². The highest BCUT2D eigenvalue weighted by molar-refractivity contribution is 5.40. The highest BCUT2D eigenvalue weighted by Gasteiger charge is 2.05. The summed E-state index contributed by atoms with van der Waals surface area (Å²) in [4.78, 5) is 7.97.